The second kappa shape index (κ2) is 5.54. The molecule has 4 nitrogen and oxygen atoms in total. The van der Waals surface area contributed by atoms with Crippen LogP contribution in [0.5, 0.6) is 0 Å². The van der Waals surface area contributed by atoms with Gasteiger partial charge < -0.3 is 15.8 Å². The zero-order valence-corrected chi connectivity index (χ0v) is 11.9. The van der Waals surface area contributed by atoms with Crippen LogP contribution >= 0.6 is 0 Å². The van der Waals surface area contributed by atoms with Gasteiger partial charge in [0.25, 0.3) is 0 Å². The minimum Gasteiger partial charge on any atom is -0.373 e. The van der Waals surface area contributed by atoms with Gasteiger partial charge in [-0.2, -0.15) is 0 Å². The number of ether oxygens (including phenoxy) is 1. The fraction of sp³-hybridized carbons (Fsp3) is 0.562. The van der Waals surface area contributed by atoms with Gasteiger partial charge in [0.2, 0.25) is 5.91 Å². The van der Waals surface area contributed by atoms with Crippen molar-refractivity contribution < 1.29 is 9.53 Å². The van der Waals surface area contributed by atoms with Gasteiger partial charge in [0.05, 0.1) is 18.2 Å². The number of aryl methyl sites for hydroxylation is 1. The molecule has 3 rings (SSSR count). The van der Waals surface area contributed by atoms with E-state index in [0.29, 0.717) is 12.5 Å². The summed E-state index contributed by atoms with van der Waals surface area (Å²) in [6.45, 7) is 2.10. The summed E-state index contributed by atoms with van der Waals surface area (Å²) >= 11 is 0. The van der Waals surface area contributed by atoms with Crippen LogP contribution in [0.3, 0.4) is 0 Å². The van der Waals surface area contributed by atoms with Crippen molar-refractivity contribution in [2.75, 3.05) is 5.32 Å². The van der Waals surface area contributed by atoms with Crippen molar-refractivity contribution in [3.8, 4) is 0 Å². The summed E-state index contributed by atoms with van der Waals surface area (Å²) in [7, 11) is 0. The smallest absolute Gasteiger partial charge is 0.224 e. The molecule has 2 aliphatic heterocycles. The van der Waals surface area contributed by atoms with E-state index in [1.807, 2.05) is 12.1 Å². The normalized spacial score (nSPS) is 27.6. The molecule has 1 saturated heterocycles. The molecular weight excluding hydrogens is 252 g/mol. The molecular formula is C16H22N2O2. The summed E-state index contributed by atoms with van der Waals surface area (Å²) in [5.74, 6) is 0.105. The van der Waals surface area contributed by atoms with Gasteiger partial charge >= 0.3 is 0 Å². The van der Waals surface area contributed by atoms with Gasteiger partial charge in [-0.3, -0.25) is 4.79 Å². The van der Waals surface area contributed by atoms with E-state index in [2.05, 4.69) is 18.3 Å². The average Bonchev–Trinajstić information content (AvgIpc) is 2.77. The number of amides is 1. The van der Waals surface area contributed by atoms with Crippen molar-refractivity contribution in [1.29, 1.82) is 0 Å². The number of hydrogen-bond acceptors (Lipinski definition) is 3. The Morgan fingerprint density at radius 1 is 1.35 bits per heavy atom. The molecule has 1 aromatic rings. The van der Waals surface area contributed by atoms with Crippen molar-refractivity contribution in [3.63, 3.8) is 0 Å². The summed E-state index contributed by atoms with van der Waals surface area (Å²) in [5, 5.41) is 2.95. The van der Waals surface area contributed by atoms with Crippen LogP contribution in [0.15, 0.2) is 18.2 Å². The lowest BCUT2D eigenvalue weighted by Crippen LogP contribution is -2.26. The number of rotatable bonds is 2. The van der Waals surface area contributed by atoms with Crippen LogP contribution in [0.25, 0.3) is 0 Å². The molecule has 20 heavy (non-hydrogen) atoms. The number of carbonyl (C=O) groups is 1. The highest BCUT2D eigenvalue weighted by atomic mass is 16.5. The SMILES string of the molecule is CC1CCC(C(N)c2ccc3c(c2)CCCC(=O)N3)O1. The van der Waals surface area contributed by atoms with E-state index < -0.39 is 0 Å². The fourth-order valence-corrected chi connectivity index (χ4v) is 3.11. The first-order valence-corrected chi connectivity index (χ1v) is 7.47. The van der Waals surface area contributed by atoms with E-state index in [9.17, 15) is 4.79 Å². The van der Waals surface area contributed by atoms with E-state index in [0.717, 1.165) is 36.9 Å². The van der Waals surface area contributed by atoms with Crippen LogP contribution in [-0.2, 0) is 16.0 Å². The van der Waals surface area contributed by atoms with Crippen LogP contribution < -0.4 is 11.1 Å². The zero-order chi connectivity index (χ0) is 14.1. The quantitative estimate of drug-likeness (QED) is 0.871. The van der Waals surface area contributed by atoms with E-state index in [1.54, 1.807) is 0 Å². The highest BCUT2D eigenvalue weighted by Gasteiger charge is 2.28. The topological polar surface area (TPSA) is 64.4 Å². The lowest BCUT2D eigenvalue weighted by Gasteiger charge is -2.21. The maximum absolute atomic E-state index is 11.6. The summed E-state index contributed by atoms with van der Waals surface area (Å²) in [5.41, 5.74) is 9.58. The predicted octanol–water partition coefficient (Wildman–Crippen LogP) is 2.53. The Kier molecular flexibility index (Phi) is 3.76. The molecule has 0 aromatic heterocycles. The summed E-state index contributed by atoms with van der Waals surface area (Å²) in [6.07, 6.45) is 4.95. The van der Waals surface area contributed by atoms with E-state index in [1.165, 1.54) is 5.56 Å². The molecule has 0 spiro atoms. The maximum Gasteiger partial charge on any atom is 0.224 e. The molecule has 3 unspecified atom stereocenters. The molecule has 0 radical (unpaired) electrons. The van der Waals surface area contributed by atoms with Gasteiger partial charge in [-0.05, 0) is 49.8 Å². The summed E-state index contributed by atoms with van der Waals surface area (Å²) < 4.78 is 5.87. The molecule has 2 aliphatic rings. The minimum absolute atomic E-state index is 0.0794. The van der Waals surface area contributed by atoms with Crippen LogP contribution in [0.4, 0.5) is 5.69 Å². The van der Waals surface area contributed by atoms with E-state index >= 15 is 0 Å². The maximum atomic E-state index is 11.6. The first kappa shape index (κ1) is 13.6. The van der Waals surface area contributed by atoms with E-state index in [-0.39, 0.29) is 18.1 Å². The lowest BCUT2D eigenvalue weighted by molar-refractivity contribution is -0.116. The molecule has 0 aliphatic carbocycles. The number of nitrogens with two attached hydrogens (primary N) is 1. The molecule has 3 atom stereocenters. The van der Waals surface area contributed by atoms with Crippen LogP contribution in [0.1, 0.15) is 49.8 Å². The zero-order valence-electron chi connectivity index (χ0n) is 11.9. The average molecular weight is 274 g/mol. The van der Waals surface area contributed by atoms with Gasteiger partial charge in [0, 0.05) is 12.1 Å². The van der Waals surface area contributed by atoms with Crippen molar-refractivity contribution >= 4 is 11.6 Å². The number of fused-ring (bicyclic) bond motifs is 1. The third kappa shape index (κ3) is 2.72. The standard InChI is InChI=1S/C16H22N2O2/c1-10-5-8-14(20-10)16(17)12-6-7-13-11(9-12)3-2-4-15(19)18-13/h6-7,9-10,14,16H,2-5,8,17H2,1H3,(H,18,19). The Bertz CT molecular complexity index is 515. The summed E-state index contributed by atoms with van der Waals surface area (Å²) in [4.78, 5) is 11.6. The number of carbonyl (C=O) groups excluding carboxylic acids is 1. The van der Waals surface area contributed by atoms with Crippen LogP contribution in [0, 0.1) is 0 Å². The van der Waals surface area contributed by atoms with Gasteiger partial charge in [-0.15, -0.1) is 0 Å². The predicted molar refractivity (Wildman–Crippen MR) is 78.5 cm³/mol. The third-order valence-corrected chi connectivity index (χ3v) is 4.30. The number of hydrogen-bond donors (Lipinski definition) is 2. The van der Waals surface area contributed by atoms with Gasteiger partial charge in [-0.25, -0.2) is 0 Å². The number of nitrogens with one attached hydrogen (secondary N) is 1. The van der Waals surface area contributed by atoms with E-state index in [4.69, 9.17) is 10.5 Å². The molecule has 2 heterocycles. The lowest BCUT2D eigenvalue weighted by atomic mass is 9.96. The molecule has 0 bridgehead atoms. The second-order valence-electron chi connectivity index (χ2n) is 5.91. The molecule has 1 fully saturated rings. The monoisotopic (exact) mass is 274 g/mol. The first-order chi connectivity index (χ1) is 9.63. The van der Waals surface area contributed by atoms with Gasteiger partial charge in [0.15, 0.2) is 0 Å². The Morgan fingerprint density at radius 3 is 2.95 bits per heavy atom. The third-order valence-electron chi connectivity index (χ3n) is 4.30. The molecule has 1 aromatic carbocycles. The number of benzene rings is 1. The summed E-state index contributed by atoms with van der Waals surface area (Å²) in [6, 6.07) is 6.05. The largest absolute Gasteiger partial charge is 0.373 e. The van der Waals surface area contributed by atoms with Crippen LogP contribution in [0.2, 0.25) is 0 Å². The van der Waals surface area contributed by atoms with Crippen molar-refractivity contribution in [2.45, 2.75) is 57.3 Å². The minimum atomic E-state index is -0.0794. The van der Waals surface area contributed by atoms with Crippen molar-refractivity contribution in [1.82, 2.24) is 0 Å². The van der Waals surface area contributed by atoms with Crippen LogP contribution in [-0.4, -0.2) is 18.1 Å². The highest BCUT2D eigenvalue weighted by Crippen LogP contribution is 2.31. The Labute approximate surface area is 119 Å². The Morgan fingerprint density at radius 2 is 2.20 bits per heavy atom. The number of anilines is 1. The molecule has 4 heteroatoms. The Hall–Kier alpha value is -1.39. The molecule has 108 valence electrons. The fourth-order valence-electron chi connectivity index (χ4n) is 3.11. The second-order valence-corrected chi connectivity index (χ2v) is 5.91. The van der Waals surface area contributed by atoms with Crippen molar-refractivity contribution in [3.05, 3.63) is 29.3 Å². The Balaban J connectivity index is 1.81. The first-order valence-electron chi connectivity index (χ1n) is 7.47. The van der Waals surface area contributed by atoms with Gasteiger partial charge in [0.1, 0.15) is 0 Å². The van der Waals surface area contributed by atoms with Gasteiger partial charge in [-0.1, -0.05) is 12.1 Å². The molecule has 0 saturated carbocycles. The molecule has 1 amide bonds. The highest BCUT2D eigenvalue weighted by molar-refractivity contribution is 5.92. The van der Waals surface area contributed by atoms with Crippen molar-refractivity contribution in [2.24, 2.45) is 5.73 Å². The molecule has 3 N–H and O–H groups in total.